The van der Waals surface area contributed by atoms with Crippen LogP contribution in [0.15, 0.2) is 48.5 Å². The summed E-state index contributed by atoms with van der Waals surface area (Å²) in [6, 6.07) is 9.58. The van der Waals surface area contributed by atoms with Crippen molar-refractivity contribution in [1.82, 2.24) is 10.3 Å². The molecule has 0 aliphatic heterocycles. The average Bonchev–Trinajstić information content (AvgIpc) is 2.94. The molecule has 232 valence electrons. The number of rotatable bonds is 11. The molecule has 1 heterocycles. The van der Waals surface area contributed by atoms with E-state index in [4.69, 9.17) is 31.5 Å². The second-order valence-corrected chi connectivity index (χ2v) is 10.4. The molecule has 14 heteroatoms. The third-order valence-electron chi connectivity index (χ3n) is 6.26. The Hall–Kier alpha value is -3.94. The lowest BCUT2D eigenvalue weighted by atomic mass is 9.89. The third-order valence-corrected chi connectivity index (χ3v) is 6.55. The number of nitrogens with zero attached hydrogens (tertiary/aromatic N) is 1. The summed E-state index contributed by atoms with van der Waals surface area (Å²) in [5, 5.41) is 12.9. The molecule has 0 fully saturated rings. The third kappa shape index (κ3) is 7.92. The first-order chi connectivity index (χ1) is 20.0. The zero-order chi connectivity index (χ0) is 32.2. The van der Waals surface area contributed by atoms with Gasteiger partial charge in [0.15, 0.2) is 18.1 Å². The monoisotopic (exact) mass is 627 g/mol. The zero-order valence-corrected chi connectivity index (χ0v) is 24.4. The lowest BCUT2D eigenvalue weighted by Crippen LogP contribution is -2.51. The number of benzene rings is 2. The number of ether oxygens (including phenoxy) is 3. The summed E-state index contributed by atoms with van der Waals surface area (Å²) in [7, 11) is 1.26. The Bertz CT molecular complexity index is 1500. The Morgan fingerprint density at radius 3 is 2.35 bits per heavy atom. The molecule has 1 amide bonds. The molecule has 43 heavy (non-hydrogen) atoms. The van der Waals surface area contributed by atoms with Crippen LogP contribution in [0.25, 0.3) is 11.3 Å². The Morgan fingerprint density at radius 2 is 1.77 bits per heavy atom. The Balaban J connectivity index is 1.96. The van der Waals surface area contributed by atoms with Gasteiger partial charge in [-0.25, -0.2) is 14.2 Å². The summed E-state index contributed by atoms with van der Waals surface area (Å²) in [5.74, 6) is -2.27. The van der Waals surface area contributed by atoms with Crippen molar-refractivity contribution in [2.24, 2.45) is 5.73 Å². The fourth-order valence-electron chi connectivity index (χ4n) is 3.83. The van der Waals surface area contributed by atoms with Gasteiger partial charge in [0.2, 0.25) is 5.60 Å². The van der Waals surface area contributed by atoms with Gasteiger partial charge in [-0.1, -0.05) is 11.6 Å². The quantitative estimate of drug-likeness (QED) is 0.203. The Morgan fingerprint density at radius 1 is 1.07 bits per heavy atom. The van der Waals surface area contributed by atoms with Gasteiger partial charge >= 0.3 is 12.1 Å². The van der Waals surface area contributed by atoms with E-state index in [1.807, 2.05) is 0 Å². The number of methoxy groups -OCH3 is 1. The fraction of sp³-hybridized carbons (Fsp3) is 0.345. The van der Waals surface area contributed by atoms with Crippen molar-refractivity contribution in [2.45, 2.75) is 38.1 Å². The molecule has 1 aromatic heterocycles. The number of hydrogen-bond acceptors (Lipinski definition) is 8. The predicted octanol–water partition coefficient (Wildman–Crippen LogP) is 4.87. The minimum Gasteiger partial charge on any atom is -0.493 e. The van der Waals surface area contributed by atoms with Gasteiger partial charge in [0.25, 0.3) is 5.91 Å². The van der Waals surface area contributed by atoms with Gasteiger partial charge in [-0.3, -0.25) is 4.79 Å². The molecule has 1 unspecified atom stereocenters. The molecule has 0 spiro atoms. The van der Waals surface area contributed by atoms with Crippen LogP contribution in [0.5, 0.6) is 11.5 Å². The maximum absolute atomic E-state index is 14.5. The molecule has 3 rings (SSSR count). The maximum atomic E-state index is 14.5. The number of halogens is 5. The lowest BCUT2D eigenvalue weighted by Gasteiger charge is -2.32. The number of pyridine rings is 1. The summed E-state index contributed by atoms with van der Waals surface area (Å²) in [5.41, 5.74) is 0.618. The second-order valence-electron chi connectivity index (χ2n) is 9.98. The number of carbonyl (C=O) groups excluding carboxylic acids is 2. The molecule has 0 aliphatic rings. The molecule has 0 saturated heterocycles. The Kier molecular flexibility index (Phi) is 10.3. The van der Waals surface area contributed by atoms with Crippen LogP contribution in [0, 0.1) is 5.82 Å². The normalized spacial score (nSPS) is 13.2. The van der Waals surface area contributed by atoms with Crippen LogP contribution in [-0.2, 0) is 20.7 Å². The van der Waals surface area contributed by atoms with E-state index >= 15 is 0 Å². The van der Waals surface area contributed by atoms with E-state index < -0.39 is 53.9 Å². The van der Waals surface area contributed by atoms with Gasteiger partial charge < -0.3 is 30.4 Å². The van der Waals surface area contributed by atoms with E-state index in [1.165, 1.54) is 57.4 Å². The molecule has 4 N–H and O–H groups in total. The van der Waals surface area contributed by atoms with Crippen molar-refractivity contribution in [3.8, 4) is 22.8 Å². The highest BCUT2D eigenvalue weighted by atomic mass is 35.5. The van der Waals surface area contributed by atoms with Crippen molar-refractivity contribution in [3.63, 3.8) is 0 Å². The van der Waals surface area contributed by atoms with Gasteiger partial charge in [-0.05, 0) is 74.9 Å². The molecule has 0 radical (unpaired) electrons. The second kappa shape index (κ2) is 13.1. The van der Waals surface area contributed by atoms with E-state index in [0.29, 0.717) is 0 Å². The van der Waals surface area contributed by atoms with E-state index in [1.54, 1.807) is 6.92 Å². The van der Waals surface area contributed by atoms with Gasteiger partial charge in [-0.2, -0.15) is 13.2 Å². The first-order valence-electron chi connectivity index (χ1n) is 12.8. The standard InChI is InChI=1S/C29H30ClF4N3O6/c1-5-42-25(38)14-43-22-9-7-17(11-23(22)41-4)26(39)36-15-28(40,29(32,33)34)24-13-18(27(2,3)35)12-21(37-24)16-6-8-20(31)19(30)10-16/h6-13,40H,5,14-15,35H2,1-4H3,(H,36,39). The maximum Gasteiger partial charge on any atom is 0.424 e. The molecule has 0 bridgehead atoms. The molecular weight excluding hydrogens is 598 g/mol. The largest absolute Gasteiger partial charge is 0.493 e. The number of carbonyl (C=O) groups is 2. The smallest absolute Gasteiger partial charge is 0.424 e. The van der Waals surface area contributed by atoms with Gasteiger partial charge in [-0.15, -0.1) is 0 Å². The summed E-state index contributed by atoms with van der Waals surface area (Å²) in [4.78, 5) is 28.5. The van der Waals surface area contributed by atoms with Crippen LogP contribution in [0.1, 0.15) is 42.4 Å². The SMILES string of the molecule is CCOC(=O)COc1ccc(C(=O)NCC(O)(c2cc(C(C)(C)N)cc(-c3ccc(F)c(Cl)c3)n2)C(F)(F)F)cc1OC. The number of aliphatic hydroxyl groups is 1. The number of esters is 1. The molecule has 2 aromatic carbocycles. The topological polar surface area (TPSA) is 133 Å². The minimum atomic E-state index is -5.31. The number of aromatic nitrogens is 1. The van der Waals surface area contributed by atoms with E-state index in [2.05, 4.69) is 10.3 Å². The van der Waals surface area contributed by atoms with Crippen LogP contribution < -0.4 is 20.5 Å². The van der Waals surface area contributed by atoms with E-state index in [0.717, 1.165) is 12.1 Å². The summed E-state index contributed by atoms with van der Waals surface area (Å²) < 4.78 is 72.5. The van der Waals surface area contributed by atoms with Crippen LogP contribution in [0.4, 0.5) is 17.6 Å². The summed E-state index contributed by atoms with van der Waals surface area (Å²) in [6.45, 7) is 3.08. The highest BCUT2D eigenvalue weighted by Gasteiger charge is 2.56. The van der Waals surface area contributed by atoms with E-state index in [9.17, 15) is 32.3 Å². The first kappa shape index (κ1) is 33.6. The Labute approximate surface area is 249 Å². The summed E-state index contributed by atoms with van der Waals surface area (Å²) in [6.07, 6.45) is -5.31. The van der Waals surface area contributed by atoms with Gasteiger partial charge in [0.05, 0.1) is 36.7 Å². The van der Waals surface area contributed by atoms with Crippen molar-refractivity contribution in [2.75, 3.05) is 26.9 Å². The molecule has 1 atom stereocenters. The number of nitrogens with two attached hydrogens (primary N) is 1. The van der Waals surface area contributed by atoms with Gasteiger partial charge in [0, 0.05) is 16.7 Å². The minimum absolute atomic E-state index is 0.0187. The number of hydrogen-bond donors (Lipinski definition) is 3. The molecule has 9 nitrogen and oxygen atoms in total. The molecule has 3 aromatic rings. The fourth-order valence-corrected chi connectivity index (χ4v) is 4.01. The number of amides is 1. The predicted molar refractivity (Wildman–Crippen MR) is 149 cm³/mol. The van der Waals surface area contributed by atoms with Crippen LogP contribution in [0.2, 0.25) is 5.02 Å². The lowest BCUT2D eigenvalue weighted by molar-refractivity contribution is -0.265. The van der Waals surface area contributed by atoms with Crippen molar-refractivity contribution in [1.29, 1.82) is 0 Å². The first-order valence-corrected chi connectivity index (χ1v) is 13.2. The summed E-state index contributed by atoms with van der Waals surface area (Å²) >= 11 is 5.87. The number of alkyl halides is 3. The highest BCUT2D eigenvalue weighted by Crippen LogP contribution is 2.40. The number of nitrogens with one attached hydrogen (secondary N) is 1. The average molecular weight is 628 g/mol. The van der Waals surface area contributed by atoms with Crippen molar-refractivity contribution < 1.29 is 46.5 Å². The molecule has 0 saturated carbocycles. The molecule has 0 aliphatic carbocycles. The van der Waals surface area contributed by atoms with Gasteiger partial charge in [0.1, 0.15) is 5.82 Å². The van der Waals surface area contributed by atoms with Crippen molar-refractivity contribution >= 4 is 23.5 Å². The zero-order valence-electron chi connectivity index (χ0n) is 23.6. The highest BCUT2D eigenvalue weighted by molar-refractivity contribution is 6.31. The van der Waals surface area contributed by atoms with Crippen LogP contribution in [0.3, 0.4) is 0 Å². The van der Waals surface area contributed by atoms with E-state index in [-0.39, 0.29) is 45.5 Å². The molecular formula is C29H30ClF4N3O6. The van der Waals surface area contributed by atoms with Crippen molar-refractivity contribution in [3.05, 3.63) is 76.2 Å². The van der Waals surface area contributed by atoms with Crippen LogP contribution >= 0.6 is 11.6 Å². The van der Waals surface area contributed by atoms with Crippen LogP contribution in [-0.4, -0.2) is 55.0 Å².